The van der Waals surface area contributed by atoms with Crippen molar-refractivity contribution in [2.45, 2.75) is 0 Å². The lowest BCUT2D eigenvalue weighted by molar-refractivity contribution is 0.725. The Morgan fingerprint density at radius 2 is 1.27 bits per heavy atom. The van der Waals surface area contributed by atoms with Crippen LogP contribution in [0.3, 0.4) is 0 Å². The van der Waals surface area contributed by atoms with Crippen LogP contribution in [0.25, 0.3) is 6.08 Å². The molecule has 0 aromatic heterocycles. The van der Waals surface area contributed by atoms with Gasteiger partial charge in [0.15, 0.2) is 0 Å². The largest absolute Gasteiger partial charge is 0.216 e. The monoisotopic (exact) mass is 204 g/mol. The Labute approximate surface area is 91.8 Å². The number of hydrogen-bond acceptors (Lipinski definition) is 0. The van der Waals surface area contributed by atoms with E-state index in [0.717, 1.165) is 0 Å². The fourth-order valence-corrected chi connectivity index (χ4v) is 0.589. The minimum absolute atomic E-state index is 0.250. The Bertz CT molecular complexity index is 267. The van der Waals surface area contributed by atoms with E-state index in [1.165, 1.54) is 5.56 Å². The van der Waals surface area contributed by atoms with Crippen molar-refractivity contribution < 1.29 is 4.39 Å². The van der Waals surface area contributed by atoms with Gasteiger partial charge in [-0.15, -0.1) is 0 Å². The van der Waals surface area contributed by atoms with Gasteiger partial charge in [-0.1, -0.05) is 74.9 Å². The molecule has 0 saturated carbocycles. The van der Waals surface area contributed by atoms with Gasteiger partial charge in [0, 0.05) is 0 Å². The number of benzene rings is 1. The van der Waals surface area contributed by atoms with Crippen molar-refractivity contribution in [2.24, 2.45) is 0 Å². The van der Waals surface area contributed by atoms with Crippen LogP contribution >= 0.6 is 0 Å². The van der Waals surface area contributed by atoms with Crippen LogP contribution in [0.2, 0.25) is 0 Å². The van der Waals surface area contributed by atoms with Crippen LogP contribution in [0.15, 0.2) is 75.1 Å². The van der Waals surface area contributed by atoms with Crippen LogP contribution in [0.5, 0.6) is 0 Å². The lowest BCUT2D eigenvalue weighted by atomic mass is 10.2. The molecule has 1 rings (SSSR count). The molecule has 0 aliphatic rings. The minimum Gasteiger partial charge on any atom is -0.216 e. The first-order valence-electron chi connectivity index (χ1n) is 4.38. The first-order chi connectivity index (χ1) is 7.26. The third kappa shape index (κ3) is 14.9. The van der Waals surface area contributed by atoms with Gasteiger partial charge in [0.1, 0.15) is 0 Å². The van der Waals surface area contributed by atoms with Gasteiger partial charge in [-0.05, 0) is 5.56 Å². The topological polar surface area (TPSA) is 0 Å². The summed E-state index contributed by atoms with van der Waals surface area (Å²) in [5.41, 5.74) is 1.17. The first-order valence-corrected chi connectivity index (χ1v) is 4.38. The third-order valence-electron chi connectivity index (χ3n) is 1.20. The van der Waals surface area contributed by atoms with Gasteiger partial charge >= 0.3 is 0 Å². The van der Waals surface area contributed by atoms with E-state index in [0.29, 0.717) is 0 Å². The van der Waals surface area contributed by atoms with E-state index < -0.39 is 0 Å². The van der Waals surface area contributed by atoms with Crippen molar-refractivity contribution in [3.63, 3.8) is 0 Å². The number of allylic oxidation sites excluding steroid dienone is 2. The van der Waals surface area contributed by atoms with Crippen molar-refractivity contribution in [2.75, 3.05) is 0 Å². The zero-order chi connectivity index (χ0) is 11.9. The molecule has 0 unspecified atom stereocenters. The average molecular weight is 204 g/mol. The summed E-state index contributed by atoms with van der Waals surface area (Å²) in [6, 6.07) is 10.0. The highest BCUT2D eigenvalue weighted by atomic mass is 19.1. The summed E-state index contributed by atoms with van der Waals surface area (Å²) >= 11 is 0. The number of hydrogen-bond donors (Lipinski definition) is 0. The molecule has 1 heteroatoms. The lowest BCUT2D eigenvalue weighted by Gasteiger charge is -1.85. The molecule has 1 aromatic carbocycles. The van der Waals surface area contributed by atoms with Crippen molar-refractivity contribution in [3.05, 3.63) is 80.7 Å². The van der Waals surface area contributed by atoms with E-state index >= 15 is 0 Å². The van der Waals surface area contributed by atoms with E-state index in [1.807, 2.05) is 36.4 Å². The Kier molecular flexibility index (Phi) is 15.2. The molecule has 0 fully saturated rings. The van der Waals surface area contributed by atoms with E-state index in [4.69, 9.17) is 0 Å². The van der Waals surface area contributed by atoms with Gasteiger partial charge < -0.3 is 0 Å². The maximum Gasteiger partial charge on any atom is 0.0795 e. The highest BCUT2D eigenvalue weighted by Gasteiger charge is 1.75. The standard InChI is InChI=1S/C8H8.C4H6.C2H3F/c1-2-8-6-4-3-5-7-8;1-3-4-2;1-2-3/h2-7H,1H2;3-4H,1-2H2;2H,1H2. The highest BCUT2D eigenvalue weighted by Crippen LogP contribution is 1.97. The van der Waals surface area contributed by atoms with Gasteiger partial charge in [0.2, 0.25) is 0 Å². The average Bonchev–Trinajstić information content (AvgIpc) is 2.31. The zero-order valence-corrected chi connectivity index (χ0v) is 8.90. The maximum atomic E-state index is 10.1. The number of halogens is 1. The highest BCUT2D eigenvalue weighted by molar-refractivity contribution is 5.45. The predicted molar refractivity (Wildman–Crippen MR) is 68.2 cm³/mol. The summed E-state index contributed by atoms with van der Waals surface area (Å²) in [6.07, 6.45) is 5.36. The smallest absolute Gasteiger partial charge is 0.0795 e. The lowest BCUT2D eigenvalue weighted by Crippen LogP contribution is -1.63. The van der Waals surface area contributed by atoms with Crippen molar-refractivity contribution in [3.8, 4) is 0 Å². The molecule has 80 valence electrons. The molecule has 0 bridgehead atoms. The molecule has 0 N–H and O–H groups in total. The normalized spacial score (nSPS) is 6.73. The second-order valence-electron chi connectivity index (χ2n) is 2.24. The van der Waals surface area contributed by atoms with Gasteiger partial charge in [-0.2, -0.15) is 0 Å². The molecule has 15 heavy (non-hydrogen) atoms. The van der Waals surface area contributed by atoms with E-state index in [2.05, 4.69) is 26.3 Å². The Morgan fingerprint density at radius 3 is 1.47 bits per heavy atom. The predicted octanol–water partition coefficient (Wildman–Crippen LogP) is 4.79. The third-order valence-corrected chi connectivity index (χ3v) is 1.20. The van der Waals surface area contributed by atoms with Crippen LogP contribution < -0.4 is 0 Å². The summed E-state index contributed by atoms with van der Waals surface area (Å²) in [6.45, 7) is 13.0. The molecule has 0 aliphatic heterocycles. The molecule has 0 amide bonds. The Balaban J connectivity index is 0. The summed E-state index contributed by atoms with van der Waals surface area (Å²) in [5, 5.41) is 0. The fourth-order valence-electron chi connectivity index (χ4n) is 0.589. The van der Waals surface area contributed by atoms with Crippen LogP contribution in [0, 0.1) is 0 Å². The molecule has 0 spiro atoms. The van der Waals surface area contributed by atoms with Crippen molar-refractivity contribution in [1.82, 2.24) is 0 Å². The van der Waals surface area contributed by atoms with E-state index in [-0.39, 0.29) is 6.33 Å². The minimum atomic E-state index is 0.250. The molecule has 0 saturated heterocycles. The first kappa shape index (κ1) is 15.6. The summed E-state index contributed by atoms with van der Waals surface area (Å²) in [5.74, 6) is 0. The molecular formula is C14H17F. The van der Waals surface area contributed by atoms with Gasteiger partial charge in [0.05, 0.1) is 6.33 Å². The molecule has 0 heterocycles. The van der Waals surface area contributed by atoms with Gasteiger partial charge in [-0.3, -0.25) is 0 Å². The fraction of sp³-hybridized carbons (Fsp3) is 0. The second kappa shape index (κ2) is 14.6. The molecule has 0 radical (unpaired) electrons. The second-order valence-corrected chi connectivity index (χ2v) is 2.24. The van der Waals surface area contributed by atoms with Crippen LogP contribution in [0.4, 0.5) is 4.39 Å². The molecule has 0 aliphatic carbocycles. The number of rotatable bonds is 2. The quantitative estimate of drug-likeness (QED) is 0.608. The van der Waals surface area contributed by atoms with Crippen molar-refractivity contribution >= 4 is 6.08 Å². The van der Waals surface area contributed by atoms with Crippen LogP contribution in [-0.4, -0.2) is 0 Å². The summed E-state index contributed by atoms with van der Waals surface area (Å²) in [4.78, 5) is 0. The van der Waals surface area contributed by atoms with Gasteiger partial charge in [0.25, 0.3) is 0 Å². The van der Waals surface area contributed by atoms with Gasteiger partial charge in [-0.25, -0.2) is 4.39 Å². The molecule has 1 aromatic rings. The zero-order valence-electron chi connectivity index (χ0n) is 8.90. The van der Waals surface area contributed by atoms with Crippen LogP contribution in [-0.2, 0) is 0 Å². The summed E-state index contributed by atoms with van der Waals surface area (Å²) in [7, 11) is 0. The molecular weight excluding hydrogens is 187 g/mol. The Morgan fingerprint density at radius 1 is 0.867 bits per heavy atom. The SMILES string of the molecule is C=CC=C.C=CF.C=Cc1ccccc1. The molecule has 0 atom stereocenters. The van der Waals surface area contributed by atoms with E-state index in [9.17, 15) is 4.39 Å². The Hall–Kier alpha value is -1.89. The van der Waals surface area contributed by atoms with E-state index in [1.54, 1.807) is 12.2 Å². The maximum absolute atomic E-state index is 10.1. The van der Waals surface area contributed by atoms with Crippen molar-refractivity contribution in [1.29, 1.82) is 0 Å². The van der Waals surface area contributed by atoms with Crippen LogP contribution in [0.1, 0.15) is 5.56 Å². The molecule has 0 nitrogen and oxygen atoms in total. The summed E-state index contributed by atoms with van der Waals surface area (Å²) < 4.78 is 10.1.